The van der Waals surface area contributed by atoms with Gasteiger partial charge < -0.3 is 14.4 Å². The maximum atomic E-state index is 5.24. The van der Waals surface area contributed by atoms with Gasteiger partial charge in [0, 0.05) is 16.8 Å². The lowest BCUT2D eigenvalue weighted by molar-refractivity contribution is 1.04. The molecule has 2 aliphatic rings. The summed E-state index contributed by atoms with van der Waals surface area (Å²) in [6.07, 6.45) is 0. The van der Waals surface area contributed by atoms with Crippen LogP contribution in [0.3, 0.4) is 0 Å². The summed E-state index contributed by atoms with van der Waals surface area (Å²) >= 11 is 0. The zero-order valence-electron chi connectivity index (χ0n) is 29.9. The van der Waals surface area contributed by atoms with E-state index >= 15 is 0 Å². The maximum absolute atomic E-state index is 5.24. The third-order valence-electron chi connectivity index (χ3n) is 10.9. The monoisotopic (exact) mass is 719 g/mol. The van der Waals surface area contributed by atoms with E-state index in [1.807, 2.05) is 66.7 Å². The van der Waals surface area contributed by atoms with Gasteiger partial charge in [-0.05, 0) is 66.7 Å². The predicted molar refractivity (Wildman–Crippen MR) is 225 cm³/mol. The van der Waals surface area contributed by atoms with Gasteiger partial charge in [0.25, 0.3) is 0 Å². The molecule has 2 aliphatic heterocycles. The van der Waals surface area contributed by atoms with Crippen LogP contribution in [0.2, 0.25) is 0 Å². The number of anilines is 6. The predicted octanol–water partition coefficient (Wildman–Crippen LogP) is 10.4. The number of hydrogen-bond donors (Lipinski definition) is 0. The average molecular weight is 720 g/mol. The highest BCUT2D eigenvalue weighted by molar-refractivity contribution is 6.79. The molecule has 12 rings (SSSR count). The summed E-state index contributed by atoms with van der Waals surface area (Å²) in [5, 5.41) is 0. The van der Waals surface area contributed by atoms with Gasteiger partial charge in [-0.2, -0.15) is 9.97 Å². The Labute approximate surface area is 322 Å². The molecule has 0 saturated carbocycles. The Bertz CT molecular complexity index is 3080. The number of hydrogen-bond acceptors (Lipinski definition) is 7. The average Bonchev–Trinajstić information content (AvgIpc) is 4.00. The first-order valence-electron chi connectivity index (χ1n) is 18.7. The number of imidazole rings is 2. The number of fused-ring (bicyclic) bond motifs is 10. The van der Waals surface area contributed by atoms with Crippen molar-refractivity contribution in [2.75, 3.05) is 14.4 Å². The van der Waals surface area contributed by atoms with Crippen LogP contribution in [-0.4, -0.2) is 36.0 Å². The Balaban J connectivity index is 1.08. The molecule has 0 radical (unpaired) electrons. The molecular formula is C46H30BN9. The van der Waals surface area contributed by atoms with E-state index in [-0.39, 0.29) is 7.12 Å². The van der Waals surface area contributed by atoms with Crippen LogP contribution in [0, 0.1) is 0 Å². The zero-order chi connectivity index (χ0) is 36.7. The van der Waals surface area contributed by atoms with Gasteiger partial charge in [-0.15, -0.1) is 0 Å². The molecule has 0 bridgehead atoms. The molecule has 56 heavy (non-hydrogen) atoms. The fourth-order valence-electron chi connectivity index (χ4n) is 8.49. The molecule has 262 valence electrons. The SMILES string of the molecule is c1ccc(-c2nc(-c3ccccc3)nc(N3B4N(c5cccc(-n6c7ccccc7n7c8ccccc8nc67)c5)c5ccccc5N4c4ccccc43)n2)cc1. The third-order valence-corrected chi connectivity index (χ3v) is 10.9. The molecule has 7 aromatic carbocycles. The van der Waals surface area contributed by atoms with Crippen molar-refractivity contribution in [3.8, 4) is 28.5 Å². The van der Waals surface area contributed by atoms with Crippen LogP contribution < -0.4 is 14.4 Å². The van der Waals surface area contributed by atoms with Crippen molar-refractivity contribution in [2.24, 2.45) is 0 Å². The lowest BCUT2D eigenvalue weighted by Crippen LogP contribution is -2.52. The second-order valence-electron chi connectivity index (χ2n) is 14.0. The van der Waals surface area contributed by atoms with Gasteiger partial charge in [-0.1, -0.05) is 115 Å². The molecule has 9 nitrogen and oxygen atoms in total. The van der Waals surface area contributed by atoms with E-state index in [4.69, 9.17) is 19.9 Å². The van der Waals surface area contributed by atoms with Crippen LogP contribution in [0.1, 0.15) is 0 Å². The van der Waals surface area contributed by atoms with Crippen molar-refractivity contribution in [2.45, 2.75) is 0 Å². The Morgan fingerprint density at radius 1 is 0.375 bits per heavy atom. The van der Waals surface area contributed by atoms with Gasteiger partial charge >= 0.3 is 7.12 Å². The Kier molecular flexibility index (Phi) is 6.52. The van der Waals surface area contributed by atoms with E-state index in [9.17, 15) is 0 Å². The minimum atomic E-state index is -0.356. The minimum absolute atomic E-state index is 0.356. The van der Waals surface area contributed by atoms with Crippen LogP contribution in [-0.2, 0) is 0 Å². The zero-order valence-corrected chi connectivity index (χ0v) is 29.9. The Morgan fingerprint density at radius 3 is 1.55 bits per heavy atom. The lowest BCUT2D eigenvalue weighted by atomic mass is 9.87. The fourth-order valence-corrected chi connectivity index (χ4v) is 8.49. The molecule has 3 aromatic heterocycles. The molecule has 0 spiro atoms. The standard InChI is InChI=1S/C46H30BN9/c1-3-16-31(17-4-1)43-49-44(32-18-5-2-6-19-32)51-45(50-43)56-42-29-14-13-28-41(42)55-40-27-12-11-26-39(40)54(47(55)56)34-21-15-20-33(30-34)52-37-24-9-10-25-38(37)53-36-23-8-7-22-35(36)48-46(52)53/h1-30H. The van der Waals surface area contributed by atoms with Crippen molar-refractivity contribution in [1.29, 1.82) is 0 Å². The van der Waals surface area contributed by atoms with Crippen LogP contribution in [0.4, 0.5) is 34.4 Å². The first-order chi connectivity index (χ1) is 27.8. The second-order valence-corrected chi connectivity index (χ2v) is 14.0. The largest absolute Gasteiger partial charge is 0.521 e. The van der Waals surface area contributed by atoms with Gasteiger partial charge in [0.05, 0.1) is 50.5 Å². The molecule has 0 unspecified atom stereocenters. The maximum Gasteiger partial charge on any atom is 0.521 e. The van der Waals surface area contributed by atoms with E-state index in [1.165, 1.54) is 0 Å². The van der Waals surface area contributed by atoms with Crippen LogP contribution in [0.15, 0.2) is 182 Å². The second kappa shape index (κ2) is 11.9. The molecule has 10 aromatic rings. The number of para-hydroxylation sites is 8. The van der Waals surface area contributed by atoms with Crippen molar-refractivity contribution >= 4 is 69.3 Å². The van der Waals surface area contributed by atoms with Crippen molar-refractivity contribution in [3.63, 3.8) is 0 Å². The van der Waals surface area contributed by atoms with E-state index in [2.05, 4.69) is 139 Å². The van der Waals surface area contributed by atoms with E-state index in [0.29, 0.717) is 17.6 Å². The normalized spacial score (nSPS) is 13.2. The number of aromatic nitrogens is 6. The van der Waals surface area contributed by atoms with Gasteiger partial charge in [-0.3, -0.25) is 8.97 Å². The van der Waals surface area contributed by atoms with Crippen LogP contribution in [0.5, 0.6) is 0 Å². The van der Waals surface area contributed by atoms with Crippen molar-refractivity contribution in [1.82, 2.24) is 28.9 Å². The summed E-state index contributed by atoms with van der Waals surface area (Å²) in [6, 6.07) is 63.0. The Morgan fingerprint density at radius 2 is 0.893 bits per heavy atom. The third kappa shape index (κ3) is 4.44. The molecule has 0 amide bonds. The molecular weight excluding hydrogens is 689 g/mol. The summed E-state index contributed by atoms with van der Waals surface area (Å²) in [6.45, 7) is 0. The first-order valence-corrected chi connectivity index (χ1v) is 18.7. The van der Waals surface area contributed by atoms with E-state index in [0.717, 1.165) is 73.1 Å². The van der Waals surface area contributed by atoms with Gasteiger partial charge in [-0.25, -0.2) is 9.97 Å². The Hall–Kier alpha value is -7.72. The lowest BCUT2D eigenvalue weighted by Gasteiger charge is -2.30. The van der Waals surface area contributed by atoms with Crippen molar-refractivity contribution in [3.05, 3.63) is 182 Å². The summed E-state index contributed by atoms with van der Waals surface area (Å²) in [7, 11) is -0.356. The molecule has 5 heterocycles. The van der Waals surface area contributed by atoms with Gasteiger partial charge in [0.15, 0.2) is 11.6 Å². The molecule has 10 heteroatoms. The van der Waals surface area contributed by atoms with Crippen LogP contribution in [0.25, 0.3) is 56.3 Å². The number of benzene rings is 7. The molecule has 0 atom stereocenters. The van der Waals surface area contributed by atoms with E-state index in [1.54, 1.807) is 0 Å². The highest BCUT2D eigenvalue weighted by Crippen LogP contribution is 2.55. The number of rotatable bonds is 5. The first kappa shape index (κ1) is 30.7. The molecule has 0 saturated heterocycles. The highest BCUT2D eigenvalue weighted by atomic mass is 15.5. The topological polar surface area (TPSA) is 70.6 Å². The summed E-state index contributed by atoms with van der Waals surface area (Å²) in [5.74, 6) is 2.67. The van der Waals surface area contributed by atoms with Gasteiger partial charge in [0.2, 0.25) is 11.7 Å². The summed E-state index contributed by atoms with van der Waals surface area (Å²) < 4.78 is 4.53. The minimum Gasteiger partial charge on any atom is -0.343 e. The van der Waals surface area contributed by atoms with Crippen LogP contribution >= 0.6 is 0 Å². The smallest absolute Gasteiger partial charge is 0.343 e. The summed E-state index contributed by atoms with van der Waals surface area (Å²) in [5.41, 5.74) is 12.4. The molecule has 0 fully saturated rings. The summed E-state index contributed by atoms with van der Waals surface area (Å²) in [4.78, 5) is 27.7. The van der Waals surface area contributed by atoms with Crippen molar-refractivity contribution < 1.29 is 0 Å². The quantitative estimate of drug-likeness (QED) is 0.164. The highest BCUT2D eigenvalue weighted by Gasteiger charge is 2.54. The van der Waals surface area contributed by atoms with E-state index < -0.39 is 0 Å². The van der Waals surface area contributed by atoms with Gasteiger partial charge in [0.1, 0.15) is 0 Å². The molecule has 0 N–H and O–H groups in total. The molecule has 0 aliphatic carbocycles. The fraction of sp³-hybridized carbons (Fsp3) is 0. The number of nitrogens with zero attached hydrogens (tertiary/aromatic N) is 9.